The zero-order chi connectivity index (χ0) is 37.4. The van der Waals surface area contributed by atoms with E-state index in [2.05, 4.69) is 13.8 Å². The van der Waals surface area contributed by atoms with Crippen LogP contribution in [0.5, 0.6) is 0 Å². The van der Waals surface area contributed by atoms with E-state index in [0.29, 0.717) is 8.27 Å². The van der Waals surface area contributed by atoms with Crippen LogP contribution >= 0.6 is 16.5 Å². The van der Waals surface area contributed by atoms with E-state index in [1.54, 1.807) is 25.2 Å². The summed E-state index contributed by atoms with van der Waals surface area (Å²) in [6.45, 7) is 4.63. The van der Waals surface area contributed by atoms with Gasteiger partial charge in [0.15, 0.2) is 0 Å². The van der Waals surface area contributed by atoms with Crippen molar-refractivity contribution in [2.45, 2.75) is 309 Å². The fourth-order valence-electron chi connectivity index (χ4n) is 8.37. The Hall–Kier alpha value is 0.860. The monoisotopic (exact) mass is 769 g/mol. The minimum atomic E-state index is 0.295. The first kappa shape index (κ1) is 52.9. The summed E-state index contributed by atoms with van der Waals surface area (Å²) in [5, 5.41) is 0. The van der Waals surface area contributed by atoms with Gasteiger partial charge in [-0.25, -0.2) is 0 Å². The zero-order valence-electron chi connectivity index (χ0n) is 37.1. The van der Waals surface area contributed by atoms with Crippen LogP contribution in [0.2, 0.25) is 0 Å². The normalized spacial score (nSPS) is 12.0. The SMILES string of the molecule is CCCCCCCCCCCCCCCCCCCCCCCCCP[PH3]CCCCCCCCCCCCCCCCCCCCCCCCC. The number of unbranched alkanes of at least 4 members (excludes halogenated alkanes) is 44. The van der Waals surface area contributed by atoms with E-state index in [1.165, 1.54) is 291 Å². The van der Waals surface area contributed by atoms with Crippen LogP contribution in [-0.2, 0) is 0 Å². The van der Waals surface area contributed by atoms with Gasteiger partial charge >= 0.3 is 164 Å². The van der Waals surface area contributed by atoms with E-state index in [-0.39, 0.29) is 0 Å². The number of rotatable bonds is 49. The number of hydrogen-bond donors (Lipinski definition) is 0. The molecule has 0 spiro atoms. The molecule has 0 nitrogen and oxygen atoms in total. The van der Waals surface area contributed by atoms with Crippen molar-refractivity contribution in [2.75, 3.05) is 12.3 Å². The quantitative estimate of drug-likeness (QED) is 0.0427. The molecule has 316 valence electrons. The molecule has 1 atom stereocenters. The molecule has 0 saturated carbocycles. The molecule has 0 aromatic carbocycles. The van der Waals surface area contributed by atoms with Gasteiger partial charge in [0.05, 0.1) is 0 Å². The van der Waals surface area contributed by atoms with Crippen molar-refractivity contribution in [3.63, 3.8) is 0 Å². The van der Waals surface area contributed by atoms with Crippen LogP contribution in [0, 0.1) is 0 Å². The molecule has 0 heterocycles. The molecule has 0 aliphatic carbocycles. The standard InChI is InChI=1S/C50H106P2/c1-3-5-7-9-11-13-15-17-19-21-23-25-27-29-31-33-35-37-39-41-43-45-47-49-51-52-50-48-46-44-42-40-38-36-34-32-30-28-26-24-22-20-18-16-14-12-10-8-6-4-2/h51H,3-50H2,1-2,52H3. The summed E-state index contributed by atoms with van der Waals surface area (Å²) in [6, 6.07) is 0. The second-order valence-corrected chi connectivity index (χ2v) is 22.9. The average molecular weight is 769 g/mol. The van der Waals surface area contributed by atoms with Gasteiger partial charge in [0.25, 0.3) is 0 Å². The molecule has 2 heteroatoms. The van der Waals surface area contributed by atoms with E-state index in [4.69, 9.17) is 0 Å². The Labute approximate surface area is 336 Å². The van der Waals surface area contributed by atoms with Crippen molar-refractivity contribution >= 4 is 16.5 Å². The topological polar surface area (TPSA) is 0 Å². The van der Waals surface area contributed by atoms with Gasteiger partial charge in [-0.05, 0) is 0 Å². The van der Waals surface area contributed by atoms with Crippen molar-refractivity contribution in [1.29, 1.82) is 0 Å². The van der Waals surface area contributed by atoms with E-state index < -0.39 is 0 Å². The molecule has 0 N–H and O–H groups in total. The molecule has 0 bridgehead atoms. The fourth-order valence-corrected chi connectivity index (χ4v) is 13.0. The summed E-state index contributed by atoms with van der Waals surface area (Å²) in [4.78, 5) is 0. The van der Waals surface area contributed by atoms with Crippen LogP contribution in [0.25, 0.3) is 0 Å². The molecule has 0 saturated heterocycles. The molecule has 0 fully saturated rings. The van der Waals surface area contributed by atoms with Gasteiger partial charge in [-0.2, -0.15) is 0 Å². The minimum absolute atomic E-state index is 0.295. The third-order valence-corrected chi connectivity index (χ3v) is 17.3. The Morgan fingerprint density at radius 1 is 0.212 bits per heavy atom. The van der Waals surface area contributed by atoms with Gasteiger partial charge in [-0.1, -0.05) is 174 Å². The smallest absolute Gasteiger partial charge is 0.0654 e. The van der Waals surface area contributed by atoms with E-state index in [9.17, 15) is 0 Å². The third kappa shape index (κ3) is 50.9. The molecule has 0 rings (SSSR count). The summed E-state index contributed by atoms with van der Waals surface area (Å²) >= 11 is 0. The molecule has 0 aromatic heterocycles. The van der Waals surface area contributed by atoms with Crippen molar-refractivity contribution in [3.05, 3.63) is 0 Å². The Morgan fingerprint density at radius 3 is 0.596 bits per heavy atom. The first-order chi connectivity index (χ1) is 25.9. The van der Waals surface area contributed by atoms with Gasteiger partial charge in [-0.3, -0.25) is 0 Å². The first-order valence-corrected chi connectivity index (χ1v) is 30.2. The average Bonchev–Trinajstić information content (AvgIpc) is 3.16. The molecule has 52 heavy (non-hydrogen) atoms. The molecule has 0 aliphatic heterocycles. The maximum absolute atomic E-state index is 2.31. The molecule has 0 aromatic rings. The van der Waals surface area contributed by atoms with Crippen molar-refractivity contribution < 1.29 is 0 Å². The molecule has 0 amide bonds. The van der Waals surface area contributed by atoms with E-state index in [1.807, 2.05) is 0 Å². The summed E-state index contributed by atoms with van der Waals surface area (Å²) < 4.78 is 0. The van der Waals surface area contributed by atoms with Crippen LogP contribution in [0.15, 0.2) is 0 Å². The summed E-state index contributed by atoms with van der Waals surface area (Å²) in [5.41, 5.74) is 0. The minimum Gasteiger partial charge on any atom is -0.0654 e. The van der Waals surface area contributed by atoms with E-state index >= 15 is 0 Å². The first-order valence-electron chi connectivity index (χ1n) is 25.6. The number of hydrogen-bond acceptors (Lipinski definition) is 0. The van der Waals surface area contributed by atoms with Gasteiger partial charge in [0.2, 0.25) is 0 Å². The second kappa shape index (κ2) is 51.9. The zero-order valence-corrected chi connectivity index (χ0v) is 39.6. The van der Waals surface area contributed by atoms with E-state index in [0.717, 1.165) is 0 Å². The van der Waals surface area contributed by atoms with Crippen LogP contribution in [0.4, 0.5) is 0 Å². The van der Waals surface area contributed by atoms with Gasteiger partial charge in [0, 0.05) is 0 Å². The van der Waals surface area contributed by atoms with Gasteiger partial charge in [-0.15, -0.1) is 0 Å². The maximum atomic E-state index is 2.31. The van der Waals surface area contributed by atoms with Crippen molar-refractivity contribution in [1.82, 2.24) is 0 Å². The van der Waals surface area contributed by atoms with Gasteiger partial charge in [0.1, 0.15) is 0 Å². The Kier molecular flexibility index (Phi) is 52.7. The molecule has 0 aliphatic rings. The molecule has 1 unspecified atom stereocenters. The fraction of sp³-hybridized carbons (Fsp3) is 1.00. The second-order valence-electron chi connectivity index (χ2n) is 17.7. The Bertz CT molecular complexity index is 527. The van der Waals surface area contributed by atoms with Gasteiger partial charge < -0.3 is 0 Å². The van der Waals surface area contributed by atoms with Crippen LogP contribution in [-0.4, -0.2) is 12.3 Å². The van der Waals surface area contributed by atoms with Crippen LogP contribution < -0.4 is 0 Å². The predicted molar refractivity (Wildman–Crippen MR) is 253 cm³/mol. The predicted octanol–water partition coefficient (Wildman–Crippen LogP) is 19.7. The molecular formula is C50H106P2. The van der Waals surface area contributed by atoms with Crippen molar-refractivity contribution in [3.8, 4) is 0 Å². The summed E-state index contributed by atoms with van der Waals surface area (Å²) in [7, 11) is 1.69. The summed E-state index contributed by atoms with van der Waals surface area (Å²) in [6.07, 6.45) is 72.0. The third-order valence-electron chi connectivity index (χ3n) is 12.2. The Balaban J connectivity index is 3.04. The Morgan fingerprint density at radius 2 is 0.385 bits per heavy atom. The molecule has 0 radical (unpaired) electrons. The van der Waals surface area contributed by atoms with Crippen LogP contribution in [0.3, 0.4) is 0 Å². The van der Waals surface area contributed by atoms with Crippen LogP contribution in [0.1, 0.15) is 309 Å². The molecular weight excluding hydrogens is 662 g/mol. The summed E-state index contributed by atoms with van der Waals surface area (Å²) in [5.74, 6) is 0. The van der Waals surface area contributed by atoms with Crippen molar-refractivity contribution in [2.24, 2.45) is 0 Å².